The molecule has 0 aliphatic rings. The van der Waals surface area contributed by atoms with Gasteiger partial charge in [0.05, 0.1) is 0 Å². The smallest absolute Gasteiger partial charge is 0.251 e. The SMILES string of the molecule is O=C(NCCc1ccc(F)cc1)c1cc(F)c(F)c(F)c1. The van der Waals surface area contributed by atoms with Gasteiger partial charge >= 0.3 is 0 Å². The van der Waals surface area contributed by atoms with Crippen LogP contribution in [0.5, 0.6) is 0 Å². The van der Waals surface area contributed by atoms with Crippen LogP contribution in [0.2, 0.25) is 0 Å². The Morgan fingerprint density at radius 3 is 2.10 bits per heavy atom. The summed E-state index contributed by atoms with van der Waals surface area (Å²) in [5.41, 5.74) is 0.499. The minimum atomic E-state index is -1.61. The van der Waals surface area contributed by atoms with Gasteiger partial charge in [0.15, 0.2) is 17.5 Å². The summed E-state index contributed by atoms with van der Waals surface area (Å²) in [6.45, 7) is 0.199. The Balaban J connectivity index is 1.94. The molecule has 0 aromatic heterocycles. The molecule has 2 aromatic rings. The molecule has 6 heteroatoms. The van der Waals surface area contributed by atoms with Crippen LogP contribution in [0.15, 0.2) is 36.4 Å². The number of halogens is 4. The minimum Gasteiger partial charge on any atom is -0.352 e. The summed E-state index contributed by atoms with van der Waals surface area (Å²) in [5.74, 6) is -5.52. The molecule has 1 amide bonds. The maximum atomic E-state index is 13.0. The quantitative estimate of drug-likeness (QED) is 0.681. The summed E-state index contributed by atoms with van der Waals surface area (Å²) in [6, 6.07) is 6.98. The van der Waals surface area contributed by atoms with E-state index in [-0.39, 0.29) is 17.9 Å². The van der Waals surface area contributed by atoms with Crippen molar-refractivity contribution in [2.24, 2.45) is 0 Å². The van der Waals surface area contributed by atoms with Crippen LogP contribution >= 0.6 is 0 Å². The van der Waals surface area contributed by atoms with Crippen LogP contribution in [0.3, 0.4) is 0 Å². The van der Waals surface area contributed by atoms with Crippen molar-refractivity contribution in [3.8, 4) is 0 Å². The predicted octanol–water partition coefficient (Wildman–Crippen LogP) is 3.22. The minimum absolute atomic E-state index is 0.199. The van der Waals surface area contributed by atoms with Crippen molar-refractivity contribution in [3.05, 3.63) is 70.8 Å². The molecule has 0 bridgehead atoms. The highest BCUT2D eigenvalue weighted by molar-refractivity contribution is 5.94. The summed E-state index contributed by atoms with van der Waals surface area (Å²) in [6.07, 6.45) is 0.429. The van der Waals surface area contributed by atoms with Crippen molar-refractivity contribution in [2.75, 3.05) is 6.54 Å². The zero-order valence-electron chi connectivity index (χ0n) is 10.8. The van der Waals surface area contributed by atoms with Gasteiger partial charge in [0, 0.05) is 12.1 Å². The number of hydrogen-bond donors (Lipinski definition) is 1. The van der Waals surface area contributed by atoms with Crippen molar-refractivity contribution >= 4 is 5.91 Å². The van der Waals surface area contributed by atoms with Crippen molar-refractivity contribution in [1.29, 1.82) is 0 Å². The van der Waals surface area contributed by atoms with Gasteiger partial charge < -0.3 is 5.32 Å². The molecule has 0 saturated heterocycles. The van der Waals surface area contributed by atoms with E-state index in [1.807, 2.05) is 0 Å². The average molecular weight is 297 g/mol. The van der Waals surface area contributed by atoms with E-state index in [0.717, 1.165) is 5.56 Å². The Kier molecular flexibility index (Phi) is 4.57. The first-order valence-electron chi connectivity index (χ1n) is 6.14. The van der Waals surface area contributed by atoms with Gasteiger partial charge in [0.25, 0.3) is 5.91 Å². The van der Waals surface area contributed by atoms with E-state index < -0.39 is 23.4 Å². The predicted molar refractivity (Wildman–Crippen MR) is 68.8 cm³/mol. The standard InChI is InChI=1S/C15H11F4NO/c16-11-3-1-9(2-4-11)5-6-20-15(21)10-7-12(17)14(19)13(18)8-10/h1-4,7-8H,5-6H2,(H,20,21). The molecule has 0 atom stereocenters. The number of nitrogens with one attached hydrogen (secondary N) is 1. The number of benzene rings is 2. The number of carbonyl (C=O) groups excluding carboxylic acids is 1. The molecule has 0 radical (unpaired) electrons. The maximum absolute atomic E-state index is 13.0. The maximum Gasteiger partial charge on any atom is 0.251 e. The van der Waals surface area contributed by atoms with Gasteiger partial charge in [-0.25, -0.2) is 17.6 Å². The normalized spacial score (nSPS) is 10.5. The lowest BCUT2D eigenvalue weighted by molar-refractivity contribution is 0.0953. The summed E-state index contributed by atoms with van der Waals surface area (Å²) in [4.78, 5) is 11.7. The van der Waals surface area contributed by atoms with Crippen LogP contribution in [0.1, 0.15) is 15.9 Å². The summed E-state index contributed by atoms with van der Waals surface area (Å²) in [5, 5.41) is 2.45. The summed E-state index contributed by atoms with van der Waals surface area (Å²) < 4.78 is 51.5. The third-order valence-corrected chi connectivity index (χ3v) is 2.86. The largest absolute Gasteiger partial charge is 0.352 e. The summed E-state index contributed by atoms with van der Waals surface area (Å²) in [7, 11) is 0. The lowest BCUT2D eigenvalue weighted by Crippen LogP contribution is -2.26. The first kappa shape index (κ1) is 15.0. The Bertz CT molecular complexity index is 632. The Morgan fingerprint density at radius 2 is 1.52 bits per heavy atom. The van der Waals surface area contributed by atoms with Crippen molar-refractivity contribution < 1.29 is 22.4 Å². The van der Waals surface area contributed by atoms with Crippen LogP contribution in [0.4, 0.5) is 17.6 Å². The Morgan fingerprint density at radius 1 is 0.952 bits per heavy atom. The molecular weight excluding hydrogens is 286 g/mol. The molecule has 0 unspecified atom stereocenters. The van der Waals surface area contributed by atoms with Crippen LogP contribution in [-0.2, 0) is 6.42 Å². The van der Waals surface area contributed by atoms with E-state index in [9.17, 15) is 22.4 Å². The first-order valence-corrected chi connectivity index (χ1v) is 6.14. The second kappa shape index (κ2) is 6.39. The topological polar surface area (TPSA) is 29.1 Å². The van der Waals surface area contributed by atoms with Gasteiger partial charge in [-0.05, 0) is 36.2 Å². The van der Waals surface area contributed by atoms with E-state index in [0.29, 0.717) is 18.6 Å². The fraction of sp³-hybridized carbons (Fsp3) is 0.133. The molecule has 1 N–H and O–H groups in total. The van der Waals surface area contributed by atoms with E-state index in [4.69, 9.17) is 0 Å². The number of rotatable bonds is 4. The van der Waals surface area contributed by atoms with E-state index in [1.54, 1.807) is 12.1 Å². The zero-order chi connectivity index (χ0) is 15.4. The second-order valence-electron chi connectivity index (χ2n) is 4.39. The molecule has 0 spiro atoms. The number of hydrogen-bond acceptors (Lipinski definition) is 1. The fourth-order valence-electron chi connectivity index (χ4n) is 1.76. The number of amides is 1. The van der Waals surface area contributed by atoms with E-state index >= 15 is 0 Å². The molecule has 0 heterocycles. The highest BCUT2D eigenvalue weighted by Gasteiger charge is 2.14. The highest BCUT2D eigenvalue weighted by Crippen LogP contribution is 2.13. The zero-order valence-corrected chi connectivity index (χ0v) is 10.8. The average Bonchev–Trinajstić information content (AvgIpc) is 2.46. The molecule has 110 valence electrons. The Labute approximate surface area is 118 Å². The molecule has 0 aliphatic heterocycles. The van der Waals surface area contributed by atoms with Crippen molar-refractivity contribution in [1.82, 2.24) is 5.32 Å². The third kappa shape index (κ3) is 3.81. The van der Waals surface area contributed by atoms with Crippen LogP contribution in [0, 0.1) is 23.3 Å². The molecule has 2 rings (SSSR count). The van der Waals surface area contributed by atoms with Crippen molar-refractivity contribution in [3.63, 3.8) is 0 Å². The summed E-state index contributed by atoms with van der Waals surface area (Å²) >= 11 is 0. The second-order valence-corrected chi connectivity index (χ2v) is 4.39. The molecule has 0 saturated carbocycles. The van der Waals surface area contributed by atoms with Crippen LogP contribution in [-0.4, -0.2) is 12.5 Å². The van der Waals surface area contributed by atoms with Gasteiger partial charge in [-0.15, -0.1) is 0 Å². The number of carbonyl (C=O) groups is 1. The van der Waals surface area contributed by atoms with E-state index in [1.165, 1.54) is 12.1 Å². The van der Waals surface area contributed by atoms with Gasteiger partial charge in [0.1, 0.15) is 5.82 Å². The first-order chi connectivity index (χ1) is 9.97. The van der Waals surface area contributed by atoms with Gasteiger partial charge in [0.2, 0.25) is 0 Å². The lowest BCUT2D eigenvalue weighted by Gasteiger charge is -2.06. The molecule has 0 fully saturated rings. The van der Waals surface area contributed by atoms with Crippen LogP contribution in [0.25, 0.3) is 0 Å². The fourth-order valence-corrected chi connectivity index (χ4v) is 1.76. The van der Waals surface area contributed by atoms with Crippen LogP contribution < -0.4 is 5.32 Å². The Hall–Kier alpha value is -2.37. The molecule has 21 heavy (non-hydrogen) atoms. The van der Waals surface area contributed by atoms with Gasteiger partial charge in [-0.1, -0.05) is 12.1 Å². The van der Waals surface area contributed by atoms with Gasteiger partial charge in [-0.3, -0.25) is 4.79 Å². The van der Waals surface area contributed by atoms with E-state index in [2.05, 4.69) is 5.32 Å². The molecule has 0 aliphatic carbocycles. The monoisotopic (exact) mass is 297 g/mol. The lowest BCUT2D eigenvalue weighted by atomic mass is 10.1. The molecule has 2 nitrogen and oxygen atoms in total. The molecule has 2 aromatic carbocycles. The van der Waals surface area contributed by atoms with Gasteiger partial charge in [-0.2, -0.15) is 0 Å². The van der Waals surface area contributed by atoms with Crippen molar-refractivity contribution in [2.45, 2.75) is 6.42 Å². The third-order valence-electron chi connectivity index (χ3n) is 2.86. The highest BCUT2D eigenvalue weighted by atomic mass is 19.2. The molecular formula is C15H11F4NO.